The first-order valence-electron chi connectivity index (χ1n) is 4.93. The summed E-state index contributed by atoms with van der Waals surface area (Å²) in [6, 6.07) is 0. The Morgan fingerprint density at radius 2 is 2.31 bits per heavy atom. The monoisotopic (exact) mass is 183 g/mol. The van der Waals surface area contributed by atoms with Crippen LogP contribution in [0.1, 0.15) is 39.0 Å². The van der Waals surface area contributed by atoms with Crippen LogP contribution >= 0.6 is 0 Å². The second-order valence-electron chi connectivity index (χ2n) is 3.95. The number of nitrogens with two attached hydrogens (primary N) is 1. The molecule has 1 fully saturated rings. The van der Waals surface area contributed by atoms with Crippen molar-refractivity contribution in [1.82, 2.24) is 0 Å². The molecule has 1 rings (SSSR count). The summed E-state index contributed by atoms with van der Waals surface area (Å²) in [6.45, 7) is 1.80. The van der Waals surface area contributed by atoms with E-state index in [1.54, 1.807) is 6.92 Å². The Hall–Kier alpha value is -0.860. The molecule has 0 heterocycles. The van der Waals surface area contributed by atoms with Gasteiger partial charge in [0.1, 0.15) is 5.78 Å². The number of primary amides is 1. The van der Waals surface area contributed by atoms with Crippen LogP contribution < -0.4 is 5.73 Å². The first-order chi connectivity index (χ1) is 6.11. The molecule has 0 spiro atoms. The fourth-order valence-corrected chi connectivity index (χ4v) is 1.85. The zero-order valence-corrected chi connectivity index (χ0v) is 8.08. The summed E-state index contributed by atoms with van der Waals surface area (Å²) < 4.78 is 0. The minimum Gasteiger partial charge on any atom is -0.369 e. The number of hydrogen-bond donors (Lipinski definition) is 1. The molecule has 2 unspecified atom stereocenters. The molecule has 13 heavy (non-hydrogen) atoms. The van der Waals surface area contributed by atoms with E-state index in [9.17, 15) is 9.59 Å². The number of rotatable bonds is 3. The number of ketones is 1. The van der Waals surface area contributed by atoms with E-state index < -0.39 is 0 Å². The van der Waals surface area contributed by atoms with Gasteiger partial charge in [-0.2, -0.15) is 0 Å². The first kappa shape index (κ1) is 10.2. The first-order valence-corrected chi connectivity index (χ1v) is 4.93. The molecule has 0 aromatic carbocycles. The Balaban J connectivity index is 2.42. The third-order valence-electron chi connectivity index (χ3n) is 2.80. The highest BCUT2D eigenvalue weighted by atomic mass is 16.1. The Morgan fingerprint density at radius 1 is 1.62 bits per heavy atom. The molecule has 2 atom stereocenters. The SMILES string of the molecule is CC(CC1CCCCC1=O)C(N)=O. The topological polar surface area (TPSA) is 60.2 Å². The Kier molecular flexibility index (Phi) is 3.46. The Labute approximate surface area is 78.7 Å². The van der Waals surface area contributed by atoms with Crippen LogP contribution in [-0.2, 0) is 9.59 Å². The van der Waals surface area contributed by atoms with E-state index in [-0.39, 0.29) is 17.7 Å². The van der Waals surface area contributed by atoms with Gasteiger partial charge in [0.25, 0.3) is 0 Å². The molecule has 0 aromatic heterocycles. The van der Waals surface area contributed by atoms with Gasteiger partial charge in [-0.1, -0.05) is 13.3 Å². The summed E-state index contributed by atoms with van der Waals surface area (Å²) in [7, 11) is 0. The molecule has 0 bridgehead atoms. The van der Waals surface area contributed by atoms with Gasteiger partial charge in [0, 0.05) is 18.3 Å². The molecule has 2 N–H and O–H groups in total. The van der Waals surface area contributed by atoms with Crippen molar-refractivity contribution in [2.75, 3.05) is 0 Å². The molecule has 0 saturated heterocycles. The van der Waals surface area contributed by atoms with Gasteiger partial charge in [0.2, 0.25) is 5.91 Å². The van der Waals surface area contributed by atoms with Gasteiger partial charge in [0.05, 0.1) is 0 Å². The number of carbonyl (C=O) groups is 2. The Bertz CT molecular complexity index is 213. The zero-order chi connectivity index (χ0) is 9.84. The van der Waals surface area contributed by atoms with Crippen LogP contribution in [0, 0.1) is 11.8 Å². The lowest BCUT2D eigenvalue weighted by molar-refractivity contribution is -0.126. The van der Waals surface area contributed by atoms with Gasteiger partial charge in [0.15, 0.2) is 0 Å². The predicted octanol–water partition coefficient (Wildman–Crippen LogP) is 1.26. The van der Waals surface area contributed by atoms with Crippen LogP contribution in [0.4, 0.5) is 0 Å². The third kappa shape index (κ3) is 2.83. The van der Waals surface area contributed by atoms with Gasteiger partial charge >= 0.3 is 0 Å². The second kappa shape index (κ2) is 4.40. The van der Waals surface area contributed by atoms with Crippen LogP contribution in [0.5, 0.6) is 0 Å². The summed E-state index contributed by atoms with van der Waals surface area (Å²) in [6.07, 6.45) is 4.41. The van der Waals surface area contributed by atoms with Crippen molar-refractivity contribution in [2.45, 2.75) is 39.0 Å². The van der Waals surface area contributed by atoms with Crippen molar-refractivity contribution >= 4 is 11.7 Å². The van der Waals surface area contributed by atoms with E-state index >= 15 is 0 Å². The van der Waals surface area contributed by atoms with E-state index in [0.717, 1.165) is 19.3 Å². The maximum Gasteiger partial charge on any atom is 0.220 e. The largest absolute Gasteiger partial charge is 0.369 e. The molecule has 3 nitrogen and oxygen atoms in total. The van der Waals surface area contributed by atoms with Crippen LogP contribution in [0.3, 0.4) is 0 Å². The number of amides is 1. The molecule has 0 radical (unpaired) electrons. The number of hydrogen-bond acceptors (Lipinski definition) is 2. The Morgan fingerprint density at radius 3 is 2.85 bits per heavy atom. The van der Waals surface area contributed by atoms with Crippen LogP contribution in [0.2, 0.25) is 0 Å². The standard InChI is InChI=1S/C10H17NO2/c1-7(10(11)13)6-8-4-2-3-5-9(8)12/h7-8H,2-6H2,1H3,(H2,11,13). The lowest BCUT2D eigenvalue weighted by Gasteiger charge is -2.22. The van der Waals surface area contributed by atoms with E-state index in [1.807, 2.05) is 0 Å². The molecule has 74 valence electrons. The zero-order valence-electron chi connectivity index (χ0n) is 8.08. The summed E-state index contributed by atoms with van der Waals surface area (Å²) in [5, 5.41) is 0. The van der Waals surface area contributed by atoms with Crippen LogP contribution in [-0.4, -0.2) is 11.7 Å². The van der Waals surface area contributed by atoms with E-state index in [1.165, 1.54) is 0 Å². The second-order valence-corrected chi connectivity index (χ2v) is 3.95. The minimum atomic E-state index is -0.293. The summed E-state index contributed by atoms with van der Waals surface area (Å²) in [4.78, 5) is 22.2. The molecule has 1 amide bonds. The fourth-order valence-electron chi connectivity index (χ4n) is 1.85. The summed E-state index contributed by atoms with van der Waals surface area (Å²) in [5.74, 6) is -0.0407. The van der Waals surface area contributed by atoms with Crippen LogP contribution in [0.25, 0.3) is 0 Å². The molecule has 1 saturated carbocycles. The lowest BCUT2D eigenvalue weighted by Crippen LogP contribution is -2.27. The number of Topliss-reactive ketones (excluding diaryl/α,β-unsaturated/α-hetero) is 1. The maximum atomic E-state index is 11.4. The van der Waals surface area contributed by atoms with E-state index in [2.05, 4.69) is 0 Å². The fraction of sp³-hybridized carbons (Fsp3) is 0.800. The van der Waals surface area contributed by atoms with Crippen molar-refractivity contribution in [2.24, 2.45) is 17.6 Å². The highest BCUT2D eigenvalue weighted by molar-refractivity contribution is 5.83. The van der Waals surface area contributed by atoms with Crippen molar-refractivity contribution in [3.8, 4) is 0 Å². The maximum absolute atomic E-state index is 11.4. The average molecular weight is 183 g/mol. The number of carbonyl (C=O) groups excluding carboxylic acids is 2. The highest BCUT2D eigenvalue weighted by Crippen LogP contribution is 2.26. The lowest BCUT2D eigenvalue weighted by atomic mass is 9.82. The minimum absolute atomic E-state index is 0.0937. The van der Waals surface area contributed by atoms with Gasteiger partial charge < -0.3 is 5.73 Å². The van der Waals surface area contributed by atoms with Crippen molar-refractivity contribution < 1.29 is 9.59 Å². The normalized spacial score (nSPS) is 25.6. The molecular weight excluding hydrogens is 166 g/mol. The highest BCUT2D eigenvalue weighted by Gasteiger charge is 2.25. The van der Waals surface area contributed by atoms with E-state index in [4.69, 9.17) is 5.73 Å². The predicted molar refractivity (Wildman–Crippen MR) is 49.9 cm³/mol. The van der Waals surface area contributed by atoms with Crippen LogP contribution in [0.15, 0.2) is 0 Å². The molecular formula is C10H17NO2. The summed E-state index contributed by atoms with van der Waals surface area (Å²) in [5.41, 5.74) is 5.15. The average Bonchev–Trinajstić information content (AvgIpc) is 2.08. The van der Waals surface area contributed by atoms with Gasteiger partial charge in [-0.3, -0.25) is 9.59 Å². The molecule has 1 aliphatic carbocycles. The molecule has 0 aromatic rings. The van der Waals surface area contributed by atoms with Crippen molar-refractivity contribution in [3.63, 3.8) is 0 Å². The van der Waals surface area contributed by atoms with Gasteiger partial charge in [-0.25, -0.2) is 0 Å². The molecule has 0 aliphatic heterocycles. The summed E-state index contributed by atoms with van der Waals surface area (Å²) >= 11 is 0. The van der Waals surface area contributed by atoms with Gasteiger partial charge in [-0.15, -0.1) is 0 Å². The quantitative estimate of drug-likeness (QED) is 0.716. The molecule has 1 aliphatic rings. The van der Waals surface area contributed by atoms with Gasteiger partial charge in [-0.05, 0) is 19.3 Å². The smallest absolute Gasteiger partial charge is 0.220 e. The van der Waals surface area contributed by atoms with E-state index in [0.29, 0.717) is 18.6 Å². The molecule has 3 heteroatoms. The van der Waals surface area contributed by atoms with Crippen molar-refractivity contribution in [3.05, 3.63) is 0 Å². The van der Waals surface area contributed by atoms with Crippen molar-refractivity contribution in [1.29, 1.82) is 0 Å². The third-order valence-corrected chi connectivity index (χ3v) is 2.80.